The van der Waals surface area contributed by atoms with Crippen molar-refractivity contribution in [3.63, 3.8) is 0 Å². The van der Waals surface area contributed by atoms with Crippen molar-refractivity contribution < 1.29 is 4.79 Å². The van der Waals surface area contributed by atoms with Gasteiger partial charge in [-0.05, 0) is 36.1 Å². The molecule has 0 radical (unpaired) electrons. The SMILES string of the molecule is Cc1ccccc1C(=O)NCCn1ccc(-c2ccsc2)n1. The quantitative estimate of drug-likeness (QED) is 0.785. The Labute approximate surface area is 133 Å². The Kier molecular flexibility index (Phi) is 4.34. The molecule has 0 aliphatic rings. The first kappa shape index (κ1) is 14.5. The smallest absolute Gasteiger partial charge is 0.251 e. The Morgan fingerprint density at radius 1 is 1.27 bits per heavy atom. The van der Waals surface area contributed by atoms with E-state index in [2.05, 4.69) is 21.9 Å². The molecular weight excluding hydrogens is 294 g/mol. The highest BCUT2D eigenvalue weighted by atomic mass is 32.1. The molecule has 5 heteroatoms. The number of rotatable bonds is 5. The van der Waals surface area contributed by atoms with E-state index in [0.717, 1.165) is 22.4 Å². The average molecular weight is 311 g/mol. The number of carbonyl (C=O) groups is 1. The van der Waals surface area contributed by atoms with Crippen molar-refractivity contribution in [2.24, 2.45) is 0 Å². The molecule has 1 N–H and O–H groups in total. The van der Waals surface area contributed by atoms with E-state index in [1.807, 2.05) is 53.5 Å². The molecule has 3 aromatic rings. The van der Waals surface area contributed by atoms with Gasteiger partial charge in [0.1, 0.15) is 0 Å². The molecule has 112 valence electrons. The van der Waals surface area contributed by atoms with Crippen LogP contribution in [0.5, 0.6) is 0 Å². The molecule has 0 aliphatic heterocycles. The largest absolute Gasteiger partial charge is 0.350 e. The van der Waals surface area contributed by atoms with E-state index in [0.29, 0.717) is 13.1 Å². The summed E-state index contributed by atoms with van der Waals surface area (Å²) in [5.74, 6) is -0.0386. The number of benzene rings is 1. The molecule has 0 fully saturated rings. The van der Waals surface area contributed by atoms with Gasteiger partial charge in [-0.3, -0.25) is 9.48 Å². The summed E-state index contributed by atoms with van der Waals surface area (Å²) in [6.07, 6.45) is 1.94. The molecule has 1 amide bonds. The van der Waals surface area contributed by atoms with Crippen LogP contribution in [0, 0.1) is 6.92 Å². The molecule has 0 spiro atoms. The van der Waals surface area contributed by atoms with Crippen molar-refractivity contribution in [2.75, 3.05) is 6.54 Å². The first-order valence-electron chi connectivity index (χ1n) is 7.14. The number of aryl methyl sites for hydroxylation is 1. The fourth-order valence-corrected chi connectivity index (χ4v) is 2.91. The molecular formula is C17H17N3OS. The summed E-state index contributed by atoms with van der Waals surface area (Å²) in [7, 11) is 0. The van der Waals surface area contributed by atoms with E-state index in [1.54, 1.807) is 11.3 Å². The zero-order valence-electron chi connectivity index (χ0n) is 12.3. The minimum atomic E-state index is -0.0386. The summed E-state index contributed by atoms with van der Waals surface area (Å²) in [4.78, 5) is 12.1. The summed E-state index contributed by atoms with van der Waals surface area (Å²) in [6.45, 7) is 3.15. The summed E-state index contributed by atoms with van der Waals surface area (Å²) in [5.41, 5.74) is 3.81. The van der Waals surface area contributed by atoms with Crippen LogP contribution >= 0.6 is 11.3 Å². The maximum absolute atomic E-state index is 12.1. The van der Waals surface area contributed by atoms with E-state index in [1.165, 1.54) is 0 Å². The second-order valence-corrected chi connectivity index (χ2v) is 5.83. The molecule has 4 nitrogen and oxygen atoms in total. The van der Waals surface area contributed by atoms with Crippen molar-refractivity contribution in [1.29, 1.82) is 0 Å². The third-order valence-electron chi connectivity index (χ3n) is 3.47. The Morgan fingerprint density at radius 3 is 2.91 bits per heavy atom. The Morgan fingerprint density at radius 2 is 2.14 bits per heavy atom. The molecule has 3 rings (SSSR count). The number of amides is 1. The van der Waals surface area contributed by atoms with Gasteiger partial charge < -0.3 is 5.32 Å². The van der Waals surface area contributed by atoms with Crippen LogP contribution in [0.25, 0.3) is 11.3 Å². The molecule has 0 bridgehead atoms. The minimum Gasteiger partial charge on any atom is -0.350 e. The predicted molar refractivity (Wildman–Crippen MR) is 89.1 cm³/mol. The lowest BCUT2D eigenvalue weighted by atomic mass is 10.1. The zero-order valence-corrected chi connectivity index (χ0v) is 13.1. The normalized spacial score (nSPS) is 10.6. The molecule has 22 heavy (non-hydrogen) atoms. The number of thiophene rings is 1. The van der Waals surface area contributed by atoms with Gasteiger partial charge >= 0.3 is 0 Å². The first-order valence-corrected chi connectivity index (χ1v) is 8.08. The third kappa shape index (κ3) is 3.26. The van der Waals surface area contributed by atoms with Crippen LogP contribution in [0.15, 0.2) is 53.4 Å². The van der Waals surface area contributed by atoms with E-state index >= 15 is 0 Å². The number of nitrogens with one attached hydrogen (secondary N) is 1. The van der Waals surface area contributed by atoms with Crippen LogP contribution in [0.1, 0.15) is 15.9 Å². The molecule has 0 atom stereocenters. The van der Waals surface area contributed by atoms with Crippen LogP contribution in [-0.4, -0.2) is 22.2 Å². The van der Waals surface area contributed by atoms with Crippen molar-refractivity contribution in [1.82, 2.24) is 15.1 Å². The van der Waals surface area contributed by atoms with Gasteiger partial charge in [0.25, 0.3) is 5.91 Å². The Bertz CT molecular complexity index is 762. The van der Waals surface area contributed by atoms with E-state index in [-0.39, 0.29) is 5.91 Å². The maximum atomic E-state index is 12.1. The van der Waals surface area contributed by atoms with Crippen LogP contribution in [0.3, 0.4) is 0 Å². The van der Waals surface area contributed by atoms with Crippen molar-refractivity contribution >= 4 is 17.2 Å². The second-order valence-electron chi connectivity index (χ2n) is 5.05. The van der Waals surface area contributed by atoms with Crippen LogP contribution in [0.2, 0.25) is 0 Å². The summed E-state index contributed by atoms with van der Waals surface area (Å²) >= 11 is 1.66. The van der Waals surface area contributed by atoms with Gasteiger partial charge in [0.05, 0.1) is 12.2 Å². The van der Waals surface area contributed by atoms with E-state index in [9.17, 15) is 4.79 Å². The fraction of sp³-hybridized carbons (Fsp3) is 0.176. The highest BCUT2D eigenvalue weighted by molar-refractivity contribution is 7.08. The van der Waals surface area contributed by atoms with Crippen LogP contribution < -0.4 is 5.32 Å². The standard InChI is InChI=1S/C17H17N3OS/c1-13-4-2-3-5-15(13)17(21)18-8-10-20-9-6-16(19-20)14-7-11-22-12-14/h2-7,9,11-12H,8,10H2,1H3,(H,18,21). The van der Waals surface area contributed by atoms with Gasteiger partial charge in [0.15, 0.2) is 0 Å². The van der Waals surface area contributed by atoms with Gasteiger partial charge in [-0.15, -0.1) is 0 Å². The highest BCUT2D eigenvalue weighted by Crippen LogP contribution is 2.19. The van der Waals surface area contributed by atoms with Crippen molar-refractivity contribution in [3.05, 3.63) is 64.5 Å². The van der Waals surface area contributed by atoms with Gasteiger partial charge in [-0.2, -0.15) is 16.4 Å². The predicted octanol–water partition coefficient (Wildman–Crippen LogP) is 3.35. The van der Waals surface area contributed by atoms with E-state index in [4.69, 9.17) is 0 Å². The molecule has 0 saturated heterocycles. The first-order chi connectivity index (χ1) is 10.7. The van der Waals surface area contributed by atoms with E-state index < -0.39 is 0 Å². The van der Waals surface area contributed by atoms with Gasteiger partial charge in [-0.1, -0.05) is 18.2 Å². The number of carbonyl (C=O) groups excluding carboxylic acids is 1. The lowest BCUT2D eigenvalue weighted by Crippen LogP contribution is -2.27. The maximum Gasteiger partial charge on any atom is 0.251 e. The number of aromatic nitrogens is 2. The summed E-state index contributed by atoms with van der Waals surface area (Å²) in [5, 5.41) is 11.6. The molecule has 1 aromatic carbocycles. The third-order valence-corrected chi connectivity index (χ3v) is 4.16. The van der Waals surface area contributed by atoms with Gasteiger partial charge in [0.2, 0.25) is 0 Å². The van der Waals surface area contributed by atoms with Crippen molar-refractivity contribution in [2.45, 2.75) is 13.5 Å². The number of hydrogen-bond acceptors (Lipinski definition) is 3. The zero-order chi connectivity index (χ0) is 15.4. The molecule has 0 aliphatic carbocycles. The second kappa shape index (κ2) is 6.58. The van der Waals surface area contributed by atoms with Crippen LogP contribution in [0.4, 0.5) is 0 Å². The number of nitrogens with zero attached hydrogens (tertiary/aromatic N) is 2. The van der Waals surface area contributed by atoms with Crippen LogP contribution in [-0.2, 0) is 6.54 Å². The highest BCUT2D eigenvalue weighted by Gasteiger charge is 2.07. The Balaban J connectivity index is 1.55. The summed E-state index contributed by atoms with van der Waals surface area (Å²) in [6, 6.07) is 11.6. The topological polar surface area (TPSA) is 46.9 Å². The lowest BCUT2D eigenvalue weighted by molar-refractivity contribution is 0.0951. The van der Waals surface area contributed by atoms with Crippen molar-refractivity contribution in [3.8, 4) is 11.3 Å². The van der Waals surface area contributed by atoms with Gasteiger partial charge in [-0.25, -0.2) is 0 Å². The number of hydrogen-bond donors (Lipinski definition) is 1. The monoisotopic (exact) mass is 311 g/mol. The fourth-order valence-electron chi connectivity index (χ4n) is 2.26. The lowest BCUT2D eigenvalue weighted by Gasteiger charge is -2.07. The molecule has 2 heterocycles. The minimum absolute atomic E-state index is 0.0386. The molecule has 0 saturated carbocycles. The summed E-state index contributed by atoms with van der Waals surface area (Å²) < 4.78 is 1.85. The molecule has 2 aromatic heterocycles. The van der Waals surface area contributed by atoms with Gasteiger partial charge in [0, 0.05) is 29.2 Å². The molecule has 0 unspecified atom stereocenters. The Hall–Kier alpha value is -2.40. The average Bonchev–Trinajstić information content (AvgIpc) is 3.18.